The average Bonchev–Trinajstić information content (AvgIpc) is 4.42. The Bertz CT molecular complexity index is 4420. The van der Waals surface area contributed by atoms with Crippen LogP contribution in [0.2, 0.25) is 0 Å². The van der Waals surface area contributed by atoms with Crippen LogP contribution in [-0.4, -0.2) is 17.9 Å². The number of hydrogen-bond acceptors (Lipinski definition) is 6. The maximum absolute atomic E-state index is 13.0. The molecule has 12 aromatic carbocycles. The van der Waals surface area contributed by atoms with Crippen molar-refractivity contribution < 1.29 is 28.6 Å². The number of ether oxygens (including phenoxy) is 3. The maximum Gasteiger partial charge on any atom is 0.339 e. The summed E-state index contributed by atoms with van der Waals surface area (Å²) in [5.41, 5.74) is 11.9. The molecule has 12 aromatic rings. The topological polar surface area (TPSA) is 78.9 Å². The van der Waals surface area contributed by atoms with Crippen molar-refractivity contribution >= 4 is 101 Å². The second-order valence-electron chi connectivity index (χ2n) is 20.8. The molecule has 0 spiro atoms. The van der Waals surface area contributed by atoms with Gasteiger partial charge in [-0.2, -0.15) is 0 Å². The summed E-state index contributed by atoms with van der Waals surface area (Å²) in [7, 11) is 0. The molecule has 0 heterocycles. The normalized spacial score (nSPS) is 15.2. The molecule has 3 aliphatic rings. The van der Waals surface area contributed by atoms with Gasteiger partial charge in [0.25, 0.3) is 0 Å². The van der Waals surface area contributed by atoms with Gasteiger partial charge in [-0.25, -0.2) is 14.4 Å². The van der Waals surface area contributed by atoms with Crippen molar-refractivity contribution in [3.63, 3.8) is 0 Å². The number of benzene rings is 12. The van der Waals surface area contributed by atoms with E-state index in [1.807, 2.05) is 140 Å². The fourth-order valence-electron chi connectivity index (χ4n) is 12.4. The van der Waals surface area contributed by atoms with E-state index in [1.54, 1.807) is 0 Å². The largest absolute Gasteiger partial charge is 0.454 e. The van der Waals surface area contributed by atoms with E-state index in [-0.39, 0.29) is 36.2 Å². The molecule has 0 saturated carbocycles. The maximum atomic E-state index is 13.0. The molecule has 0 N–H and O–H groups in total. The predicted octanol–water partition coefficient (Wildman–Crippen LogP) is 18.3. The molecule has 0 aliphatic heterocycles. The van der Waals surface area contributed by atoms with Gasteiger partial charge in [-0.15, -0.1) is 0 Å². The molecule has 3 aliphatic carbocycles. The number of esters is 3. The lowest BCUT2D eigenvalue weighted by Crippen LogP contribution is -2.11. The van der Waals surface area contributed by atoms with Gasteiger partial charge in [-0.1, -0.05) is 226 Å². The van der Waals surface area contributed by atoms with Gasteiger partial charge < -0.3 is 14.2 Å². The summed E-state index contributed by atoms with van der Waals surface area (Å²) in [6.07, 6.45) is 6.93. The zero-order valence-corrected chi connectivity index (χ0v) is 44.4. The highest BCUT2D eigenvalue weighted by Crippen LogP contribution is 2.43. The van der Waals surface area contributed by atoms with Crippen LogP contribution in [0, 0.1) is 0 Å². The van der Waals surface area contributed by atoms with Crippen LogP contribution in [0.25, 0.3) is 82.9 Å². The summed E-state index contributed by atoms with van der Waals surface area (Å²) < 4.78 is 17.9. The Balaban J connectivity index is 0.000000114. The first-order valence-corrected chi connectivity index (χ1v) is 27.3. The van der Waals surface area contributed by atoms with Crippen molar-refractivity contribution in [2.45, 2.75) is 37.6 Å². The molecule has 0 saturated heterocycles. The van der Waals surface area contributed by atoms with Crippen molar-refractivity contribution in [1.82, 2.24) is 0 Å². The van der Waals surface area contributed by atoms with Gasteiger partial charge >= 0.3 is 17.9 Å². The molecule has 0 fully saturated rings. The SMILES string of the molecule is C=Cc1ccc(C(=O)OC2Cc3cccc4cccc2c34)c2ccccc12.C=Cc1ccc2cc(C(=O)OC3Cc4cccc5cccc3c45)ccc2c1.C=Cc1cccc2c(C(=O)OC3Cc4cccc5cccc3c45)cccc12. The Labute approximate surface area is 469 Å². The number of rotatable bonds is 9. The molecule has 6 heteroatoms. The van der Waals surface area contributed by atoms with Crippen LogP contribution < -0.4 is 0 Å². The first-order valence-electron chi connectivity index (χ1n) is 27.3. The lowest BCUT2D eigenvalue weighted by atomic mass is 9.99. The van der Waals surface area contributed by atoms with Gasteiger partial charge in [0.15, 0.2) is 0 Å². The number of hydrogen-bond donors (Lipinski definition) is 0. The molecule has 3 unspecified atom stereocenters. The molecule has 0 amide bonds. The van der Waals surface area contributed by atoms with Gasteiger partial charge in [0.05, 0.1) is 16.7 Å². The van der Waals surface area contributed by atoms with Crippen LogP contribution in [0.1, 0.15) is 99.5 Å². The van der Waals surface area contributed by atoms with Crippen LogP contribution in [-0.2, 0) is 33.5 Å². The Morgan fingerprint density at radius 2 is 0.753 bits per heavy atom. The Morgan fingerprint density at radius 1 is 0.346 bits per heavy atom. The first-order chi connectivity index (χ1) is 39.7. The van der Waals surface area contributed by atoms with Crippen molar-refractivity contribution in [2.75, 3.05) is 0 Å². The summed E-state index contributed by atoms with van der Waals surface area (Å²) in [6, 6.07) is 72.5. The highest BCUT2D eigenvalue weighted by Gasteiger charge is 2.31. The minimum Gasteiger partial charge on any atom is -0.454 e. The number of carbonyl (C=O) groups is 3. The van der Waals surface area contributed by atoms with Gasteiger partial charge in [0.2, 0.25) is 0 Å². The quantitative estimate of drug-likeness (QED) is 0.106. The summed E-state index contributed by atoms with van der Waals surface area (Å²) in [5, 5.41) is 13.2. The van der Waals surface area contributed by atoms with Gasteiger partial charge in [0.1, 0.15) is 18.3 Å². The van der Waals surface area contributed by atoms with Crippen LogP contribution in [0.3, 0.4) is 0 Å². The second kappa shape index (κ2) is 21.2. The fourth-order valence-corrected chi connectivity index (χ4v) is 12.4. The van der Waals surface area contributed by atoms with E-state index < -0.39 is 0 Å². The first kappa shape index (κ1) is 50.3. The van der Waals surface area contributed by atoms with E-state index in [9.17, 15) is 14.4 Å². The molecule has 6 nitrogen and oxygen atoms in total. The molecular weight excluding hydrogens is 997 g/mol. The highest BCUT2D eigenvalue weighted by molar-refractivity contribution is 6.08. The zero-order valence-electron chi connectivity index (χ0n) is 44.4. The molecule has 81 heavy (non-hydrogen) atoms. The summed E-state index contributed by atoms with van der Waals surface area (Å²) in [4.78, 5) is 38.9. The summed E-state index contributed by atoms with van der Waals surface area (Å²) in [6.45, 7) is 11.5. The van der Waals surface area contributed by atoms with Crippen LogP contribution in [0.15, 0.2) is 238 Å². The molecule has 3 atom stereocenters. The monoisotopic (exact) mass is 1050 g/mol. The van der Waals surface area contributed by atoms with Crippen LogP contribution >= 0.6 is 0 Å². The molecule has 0 aromatic heterocycles. The molecular formula is C75H54O6. The van der Waals surface area contributed by atoms with Crippen LogP contribution in [0.4, 0.5) is 0 Å². The lowest BCUT2D eigenvalue weighted by Gasteiger charge is -2.15. The third-order valence-electron chi connectivity index (χ3n) is 16.2. The van der Waals surface area contributed by atoms with E-state index in [2.05, 4.69) is 117 Å². The van der Waals surface area contributed by atoms with E-state index in [1.165, 1.54) is 49.0 Å². The third-order valence-corrected chi connectivity index (χ3v) is 16.2. The lowest BCUT2D eigenvalue weighted by molar-refractivity contribution is 0.0303. The van der Waals surface area contributed by atoms with Crippen molar-refractivity contribution in [2.24, 2.45) is 0 Å². The molecule has 0 radical (unpaired) electrons. The molecule has 390 valence electrons. The Hall–Kier alpha value is -10.2. The zero-order chi connectivity index (χ0) is 55.1. The predicted molar refractivity (Wildman–Crippen MR) is 330 cm³/mol. The molecule has 15 rings (SSSR count). The van der Waals surface area contributed by atoms with E-state index in [0.29, 0.717) is 16.7 Å². The van der Waals surface area contributed by atoms with Gasteiger partial charge in [-0.3, -0.25) is 0 Å². The van der Waals surface area contributed by atoms with E-state index in [0.717, 1.165) is 85.0 Å². The minimum absolute atomic E-state index is 0.225. The van der Waals surface area contributed by atoms with Gasteiger partial charge in [0, 0.05) is 36.0 Å². The number of fused-ring (bicyclic) bond motifs is 3. The Morgan fingerprint density at radius 3 is 1.27 bits per heavy atom. The van der Waals surface area contributed by atoms with Gasteiger partial charge in [-0.05, 0) is 128 Å². The van der Waals surface area contributed by atoms with Crippen LogP contribution in [0.5, 0.6) is 0 Å². The van der Waals surface area contributed by atoms with E-state index >= 15 is 0 Å². The summed E-state index contributed by atoms with van der Waals surface area (Å²) in [5.74, 6) is -0.840. The Kier molecular flexibility index (Phi) is 13.2. The standard InChI is InChI=1S/3C25H18O2/c1-2-16-7-4-12-20-19(16)11-6-13-21(20)25(26)27-23-15-18-10-3-8-17-9-5-14-22(23)24(17)18;1-2-16-9-10-19-14-21(12-11-18(19)13-16)25(26)27-23-15-20-7-3-5-17-6-4-8-22(23)24(17)20;1-2-16-13-14-21(20-11-4-3-10-19(16)20)25(26)27-23-15-18-9-5-7-17-8-6-12-22(23)24(17)18/h3*2-14,23H,1,15H2. The number of carbonyl (C=O) groups excluding carboxylic acids is 3. The minimum atomic E-state index is -0.281. The second-order valence-corrected chi connectivity index (χ2v) is 20.8. The van der Waals surface area contributed by atoms with Crippen molar-refractivity contribution in [3.8, 4) is 0 Å². The van der Waals surface area contributed by atoms with E-state index in [4.69, 9.17) is 14.2 Å². The molecule has 0 bridgehead atoms. The fraction of sp³-hybridized carbons (Fsp3) is 0.0800. The third kappa shape index (κ3) is 9.30. The highest BCUT2D eigenvalue weighted by atomic mass is 16.6. The summed E-state index contributed by atoms with van der Waals surface area (Å²) >= 11 is 0. The van der Waals surface area contributed by atoms with Crippen molar-refractivity contribution in [1.29, 1.82) is 0 Å². The average molecular weight is 1050 g/mol. The smallest absolute Gasteiger partial charge is 0.339 e. The van der Waals surface area contributed by atoms with Crippen molar-refractivity contribution in [3.05, 3.63) is 305 Å².